The maximum absolute atomic E-state index is 2.55. The van der Waals surface area contributed by atoms with E-state index in [0.717, 1.165) is 40.9 Å². The molecule has 5 rings (SSSR count). The lowest BCUT2D eigenvalue weighted by molar-refractivity contribution is -0.0796. The second-order valence-corrected chi connectivity index (χ2v) is 9.50. The average molecular weight is 277 g/mol. The molecule has 0 saturated heterocycles. The van der Waals surface area contributed by atoms with Crippen LogP contribution in [-0.4, -0.2) is 0 Å². The van der Waals surface area contributed by atoms with E-state index in [1.807, 2.05) is 0 Å². The molecule has 0 spiro atoms. The van der Waals surface area contributed by atoms with Crippen LogP contribution in [0.3, 0.4) is 0 Å². The van der Waals surface area contributed by atoms with E-state index in [4.69, 9.17) is 0 Å². The fourth-order valence-electron chi connectivity index (χ4n) is 6.11. The summed E-state index contributed by atoms with van der Waals surface area (Å²) in [5.74, 6) is 6.46. The van der Waals surface area contributed by atoms with Crippen molar-refractivity contribution < 1.29 is 0 Å². The molecule has 0 aromatic carbocycles. The zero-order valence-corrected chi connectivity index (χ0v) is 14.3. The highest BCUT2D eigenvalue weighted by Crippen LogP contribution is 2.61. The Hall–Kier alpha value is 0. The summed E-state index contributed by atoms with van der Waals surface area (Å²) >= 11 is 0. The molecule has 0 amide bonds. The van der Waals surface area contributed by atoms with Gasteiger partial charge in [0.25, 0.3) is 0 Å². The van der Waals surface area contributed by atoms with Crippen LogP contribution in [0, 0.1) is 40.9 Å². The number of rotatable bonds is 0. The standard InChI is InChI=1S/C12H20.C8H16/c1-8-10-3-9-4-11(8)7-12(2,5-9)6-10;1-7-3-5-8(2)6-4-7/h8-11H,3-7H2,1-2H3;7-8H,3-6H2,1-2H3. The Morgan fingerprint density at radius 2 is 1.15 bits per heavy atom. The second-order valence-electron chi connectivity index (χ2n) is 9.50. The Kier molecular flexibility index (Phi) is 4.22. The van der Waals surface area contributed by atoms with Crippen LogP contribution < -0.4 is 0 Å². The molecule has 2 atom stereocenters. The van der Waals surface area contributed by atoms with Crippen LogP contribution in [0.4, 0.5) is 0 Å². The lowest BCUT2D eigenvalue weighted by Gasteiger charge is -2.58. The Morgan fingerprint density at radius 3 is 1.55 bits per heavy atom. The second kappa shape index (κ2) is 5.65. The van der Waals surface area contributed by atoms with E-state index in [-0.39, 0.29) is 0 Å². The highest BCUT2D eigenvalue weighted by molar-refractivity contribution is 5.01. The third-order valence-corrected chi connectivity index (χ3v) is 7.36. The highest BCUT2D eigenvalue weighted by atomic mass is 14.6. The normalized spacial score (nSPS) is 53.4. The van der Waals surface area contributed by atoms with Crippen LogP contribution in [0.1, 0.15) is 85.5 Å². The van der Waals surface area contributed by atoms with Gasteiger partial charge in [-0.3, -0.25) is 0 Å². The quantitative estimate of drug-likeness (QED) is 0.487. The molecule has 2 unspecified atom stereocenters. The first kappa shape index (κ1) is 14.9. The van der Waals surface area contributed by atoms with Crippen molar-refractivity contribution in [3.05, 3.63) is 0 Å². The van der Waals surface area contributed by atoms with Gasteiger partial charge in [-0.2, -0.15) is 0 Å². The zero-order chi connectivity index (χ0) is 14.3. The number of hydrogen-bond acceptors (Lipinski definition) is 0. The molecule has 5 aliphatic carbocycles. The van der Waals surface area contributed by atoms with E-state index in [0.29, 0.717) is 0 Å². The van der Waals surface area contributed by atoms with Crippen LogP contribution >= 0.6 is 0 Å². The largest absolute Gasteiger partial charge is 0.0625 e. The molecule has 4 bridgehead atoms. The molecule has 5 saturated carbocycles. The van der Waals surface area contributed by atoms with E-state index in [1.165, 1.54) is 25.7 Å². The van der Waals surface area contributed by atoms with E-state index in [9.17, 15) is 0 Å². The Morgan fingerprint density at radius 1 is 0.700 bits per heavy atom. The Labute approximate surface area is 127 Å². The molecule has 0 radical (unpaired) electrons. The zero-order valence-electron chi connectivity index (χ0n) is 14.3. The third kappa shape index (κ3) is 3.09. The molecular weight excluding hydrogens is 240 g/mol. The smallest absolute Gasteiger partial charge is 0.0318 e. The van der Waals surface area contributed by atoms with E-state index >= 15 is 0 Å². The summed E-state index contributed by atoms with van der Waals surface area (Å²) in [6.07, 6.45) is 13.7. The SMILES string of the molecule is CC1C2CC3CC1CC(C)(C3)C2.CC1CCC(C)CC1. The van der Waals surface area contributed by atoms with Crippen LogP contribution in [0.25, 0.3) is 0 Å². The summed E-state index contributed by atoms with van der Waals surface area (Å²) in [5.41, 5.74) is 0.781. The molecule has 0 heterocycles. The maximum Gasteiger partial charge on any atom is -0.0318 e. The van der Waals surface area contributed by atoms with Gasteiger partial charge in [-0.25, -0.2) is 0 Å². The van der Waals surface area contributed by atoms with Crippen LogP contribution in [-0.2, 0) is 0 Å². The fourth-order valence-corrected chi connectivity index (χ4v) is 6.11. The van der Waals surface area contributed by atoms with Gasteiger partial charge < -0.3 is 0 Å². The van der Waals surface area contributed by atoms with Crippen molar-refractivity contribution in [3.63, 3.8) is 0 Å². The molecule has 5 fully saturated rings. The first-order valence-corrected chi connectivity index (χ1v) is 9.45. The van der Waals surface area contributed by atoms with Gasteiger partial charge in [0, 0.05) is 0 Å². The van der Waals surface area contributed by atoms with Gasteiger partial charge in [0.2, 0.25) is 0 Å². The molecule has 0 heteroatoms. The fraction of sp³-hybridized carbons (Fsp3) is 1.00. The van der Waals surface area contributed by atoms with Gasteiger partial charge in [-0.1, -0.05) is 53.4 Å². The molecule has 5 aliphatic rings. The van der Waals surface area contributed by atoms with Gasteiger partial charge in [-0.15, -0.1) is 0 Å². The topological polar surface area (TPSA) is 0 Å². The predicted octanol–water partition coefficient (Wildman–Crippen LogP) is 6.30. The van der Waals surface area contributed by atoms with Crippen molar-refractivity contribution in [2.24, 2.45) is 40.9 Å². The van der Waals surface area contributed by atoms with Gasteiger partial charge in [0.05, 0.1) is 0 Å². The van der Waals surface area contributed by atoms with Crippen molar-refractivity contribution >= 4 is 0 Å². The molecular formula is C20H36. The monoisotopic (exact) mass is 276 g/mol. The van der Waals surface area contributed by atoms with Crippen molar-refractivity contribution in [2.75, 3.05) is 0 Å². The minimum atomic E-state index is 0.781. The van der Waals surface area contributed by atoms with E-state index in [1.54, 1.807) is 32.1 Å². The minimum Gasteiger partial charge on any atom is -0.0625 e. The summed E-state index contributed by atoms with van der Waals surface area (Å²) in [6, 6.07) is 0. The van der Waals surface area contributed by atoms with Crippen molar-refractivity contribution in [2.45, 2.75) is 85.5 Å². The molecule has 0 N–H and O–H groups in total. The summed E-state index contributed by atoms with van der Waals surface area (Å²) in [5, 5.41) is 0. The Bertz CT molecular complexity index is 297. The number of hydrogen-bond donors (Lipinski definition) is 0. The van der Waals surface area contributed by atoms with Gasteiger partial charge in [0.1, 0.15) is 0 Å². The average Bonchev–Trinajstić information content (AvgIpc) is 2.38. The van der Waals surface area contributed by atoms with Crippen molar-refractivity contribution in [3.8, 4) is 0 Å². The highest BCUT2D eigenvalue weighted by Gasteiger charge is 2.51. The first-order chi connectivity index (χ1) is 9.45. The van der Waals surface area contributed by atoms with E-state index in [2.05, 4.69) is 27.7 Å². The summed E-state index contributed by atoms with van der Waals surface area (Å²) in [4.78, 5) is 0. The predicted molar refractivity (Wildman–Crippen MR) is 87.6 cm³/mol. The van der Waals surface area contributed by atoms with Gasteiger partial charge >= 0.3 is 0 Å². The Balaban J connectivity index is 0.000000133. The van der Waals surface area contributed by atoms with Crippen molar-refractivity contribution in [1.29, 1.82) is 0 Å². The first-order valence-electron chi connectivity index (χ1n) is 9.45. The summed E-state index contributed by atoms with van der Waals surface area (Å²) < 4.78 is 0. The molecule has 0 aromatic heterocycles. The minimum absolute atomic E-state index is 0.781. The lowest BCUT2D eigenvalue weighted by atomic mass is 9.47. The molecule has 0 nitrogen and oxygen atoms in total. The van der Waals surface area contributed by atoms with Crippen LogP contribution in [0.5, 0.6) is 0 Å². The molecule has 116 valence electrons. The van der Waals surface area contributed by atoms with Gasteiger partial charge in [-0.05, 0) is 73.0 Å². The molecule has 20 heavy (non-hydrogen) atoms. The maximum atomic E-state index is 2.55. The van der Waals surface area contributed by atoms with Crippen LogP contribution in [0.2, 0.25) is 0 Å². The van der Waals surface area contributed by atoms with Crippen LogP contribution in [0.15, 0.2) is 0 Å². The molecule has 0 aliphatic heterocycles. The molecule has 0 aromatic rings. The lowest BCUT2D eigenvalue weighted by Crippen LogP contribution is -2.48. The van der Waals surface area contributed by atoms with Crippen molar-refractivity contribution in [1.82, 2.24) is 0 Å². The third-order valence-electron chi connectivity index (χ3n) is 7.36. The van der Waals surface area contributed by atoms with E-state index < -0.39 is 0 Å². The summed E-state index contributed by atoms with van der Waals surface area (Å²) in [6.45, 7) is 9.79. The van der Waals surface area contributed by atoms with Gasteiger partial charge in [0.15, 0.2) is 0 Å². The summed E-state index contributed by atoms with van der Waals surface area (Å²) in [7, 11) is 0.